The average Bonchev–Trinajstić information content (AvgIpc) is 2.50. The monoisotopic (exact) mass is 430 g/mol. The van der Waals surface area contributed by atoms with Gasteiger partial charge in [0.25, 0.3) is 0 Å². The lowest BCUT2D eigenvalue weighted by Crippen LogP contribution is -2.33. The van der Waals surface area contributed by atoms with Gasteiger partial charge in [0.2, 0.25) is 10.0 Å². The quantitative estimate of drug-likeness (QED) is 0.601. The van der Waals surface area contributed by atoms with Crippen LogP contribution in [-0.4, -0.2) is 55.0 Å². The molecule has 1 aliphatic rings. The van der Waals surface area contributed by atoms with E-state index in [0.717, 1.165) is 0 Å². The fraction of sp³-hybridized carbons (Fsp3) is 0.538. The molecule has 10 heteroatoms. The number of sulfonamides is 1. The number of fused-ring (bicyclic) bond motifs is 1. The lowest BCUT2D eigenvalue weighted by Gasteiger charge is -2.20. The number of benzene rings is 1. The molecule has 7 nitrogen and oxygen atoms in total. The van der Waals surface area contributed by atoms with Gasteiger partial charge in [-0.1, -0.05) is 0 Å². The van der Waals surface area contributed by atoms with Crippen LogP contribution in [0.15, 0.2) is 21.5 Å². The molecule has 0 unspecified atom stereocenters. The molecule has 1 aromatic rings. The van der Waals surface area contributed by atoms with Gasteiger partial charge >= 0.3 is 0 Å². The molecule has 132 valence electrons. The third kappa shape index (κ3) is 5.77. The Balaban J connectivity index is 0.00000264. The van der Waals surface area contributed by atoms with Crippen LogP contribution in [-0.2, 0) is 14.8 Å². The Morgan fingerprint density at radius 2 is 1.83 bits per heavy atom. The fourth-order valence-electron chi connectivity index (χ4n) is 1.90. The minimum Gasteiger partial charge on any atom is -0.486 e. The van der Waals surface area contributed by atoms with E-state index in [9.17, 15) is 8.42 Å². The highest BCUT2D eigenvalue weighted by Gasteiger charge is 2.22. The van der Waals surface area contributed by atoms with Gasteiger partial charge in [0, 0.05) is 37.3 Å². The smallest absolute Gasteiger partial charge is 0.241 e. The summed E-state index contributed by atoms with van der Waals surface area (Å²) in [6.45, 7) is 2.92. The average molecular weight is 432 g/mol. The van der Waals surface area contributed by atoms with Crippen molar-refractivity contribution < 1.29 is 22.6 Å². The molecule has 1 aromatic carbocycles. The first-order valence-electron chi connectivity index (χ1n) is 6.83. The molecule has 0 saturated heterocycles. The predicted octanol–water partition coefficient (Wildman–Crippen LogP) is 1.16. The first-order valence-corrected chi connectivity index (χ1v) is 9.10. The van der Waals surface area contributed by atoms with Gasteiger partial charge in [-0.15, -0.1) is 12.4 Å². The fourth-order valence-corrected chi connectivity index (χ4v) is 3.97. The van der Waals surface area contributed by atoms with Crippen LogP contribution in [0, 0.1) is 0 Å². The Morgan fingerprint density at radius 1 is 1.17 bits per heavy atom. The first kappa shape index (κ1) is 20.5. The molecule has 1 aliphatic heterocycles. The third-order valence-electron chi connectivity index (χ3n) is 2.96. The highest BCUT2D eigenvalue weighted by atomic mass is 79.9. The molecular formula is C13H20BrClN2O5S. The Morgan fingerprint density at radius 3 is 2.48 bits per heavy atom. The van der Waals surface area contributed by atoms with Crippen LogP contribution < -0.4 is 19.5 Å². The minimum absolute atomic E-state index is 0. The summed E-state index contributed by atoms with van der Waals surface area (Å²) >= 11 is 3.27. The molecule has 0 saturated carbocycles. The summed E-state index contributed by atoms with van der Waals surface area (Å²) in [5.74, 6) is 0.978. The van der Waals surface area contributed by atoms with E-state index in [4.69, 9.17) is 14.2 Å². The van der Waals surface area contributed by atoms with Crippen molar-refractivity contribution in [2.45, 2.75) is 4.90 Å². The molecule has 0 fully saturated rings. The van der Waals surface area contributed by atoms with Crippen LogP contribution >= 0.6 is 28.3 Å². The summed E-state index contributed by atoms with van der Waals surface area (Å²) in [4.78, 5) is 0.133. The van der Waals surface area contributed by atoms with Crippen molar-refractivity contribution in [2.24, 2.45) is 0 Å². The van der Waals surface area contributed by atoms with E-state index in [1.807, 2.05) is 0 Å². The zero-order valence-electron chi connectivity index (χ0n) is 12.6. The summed E-state index contributed by atoms with van der Waals surface area (Å²) in [7, 11) is -2.01. The Hall–Kier alpha value is -0.580. The largest absolute Gasteiger partial charge is 0.486 e. The molecule has 0 aliphatic carbocycles. The van der Waals surface area contributed by atoms with Crippen molar-refractivity contribution in [3.63, 3.8) is 0 Å². The van der Waals surface area contributed by atoms with Gasteiger partial charge in [-0.25, -0.2) is 13.1 Å². The van der Waals surface area contributed by atoms with Gasteiger partial charge < -0.3 is 19.5 Å². The molecule has 1 heterocycles. The lowest BCUT2D eigenvalue weighted by molar-refractivity contribution is 0.171. The van der Waals surface area contributed by atoms with Gasteiger partial charge in [0.05, 0.1) is 6.61 Å². The van der Waals surface area contributed by atoms with Crippen LogP contribution in [0.5, 0.6) is 11.5 Å². The van der Waals surface area contributed by atoms with E-state index < -0.39 is 10.0 Å². The summed E-state index contributed by atoms with van der Waals surface area (Å²) in [6.07, 6.45) is 0. The predicted molar refractivity (Wildman–Crippen MR) is 92.3 cm³/mol. The van der Waals surface area contributed by atoms with Gasteiger partial charge in [0.1, 0.15) is 18.1 Å². The van der Waals surface area contributed by atoms with Crippen molar-refractivity contribution in [1.29, 1.82) is 0 Å². The molecule has 0 amide bonds. The molecular weight excluding hydrogens is 412 g/mol. The maximum atomic E-state index is 12.3. The SMILES string of the molecule is COCCNCCNS(=O)(=O)c1cc2c(cc1Br)OCCO2.Cl. The molecule has 0 aromatic heterocycles. The number of hydrogen-bond acceptors (Lipinski definition) is 6. The second-order valence-electron chi connectivity index (χ2n) is 4.57. The summed E-state index contributed by atoms with van der Waals surface area (Å²) in [6, 6.07) is 3.08. The van der Waals surface area contributed by atoms with E-state index in [2.05, 4.69) is 26.0 Å². The van der Waals surface area contributed by atoms with Crippen molar-refractivity contribution >= 4 is 38.4 Å². The highest BCUT2D eigenvalue weighted by molar-refractivity contribution is 9.10. The highest BCUT2D eigenvalue weighted by Crippen LogP contribution is 2.37. The Kier molecular flexibility index (Phi) is 8.59. The zero-order chi connectivity index (χ0) is 16.0. The van der Waals surface area contributed by atoms with Crippen LogP contribution in [0.3, 0.4) is 0 Å². The summed E-state index contributed by atoms with van der Waals surface area (Å²) < 4.78 is 43.4. The molecule has 0 atom stereocenters. The maximum Gasteiger partial charge on any atom is 0.241 e. The molecule has 0 spiro atoms. The normalized spacial score (nSPS) is 13.5. The Bertz CT molecular complexity index is 615. The summed E-state index contributed by atoms with van der Waals surface area (Å²) in [5.41, 5.74) is 0. The van der Waals surface area contributed by atoms with Crippen molar-refractivity contribution in [2.75, 3.05) is 46.6 Å². The molecule has 23 heavy (non-hydrogen) atoms. The van der Waals surface area contributed by atoms with E-state index >= 15 is 0 Å². The number of halogens is 2. The van der Waals surface area contributed by atoms with E-state index in [-0.39, 0.29) is 23.8 Å². The van der Waals surface area contributed by atoms with E-state index in [0.29, 0.717) is 48.9 Å². The number of rotatable bonds is 8. The van der Waals surface area contributed by atoms with Crippen molar-refractivity contribution in [3.05, 3.63) is 16.6 Å². The zero-order valence-corrected chi connectivity index (χ0v) is 15.9. The summed E-state index contributed by atoms with van der Waals surface area (Å²) in [5, 5.41) is 3.07. The number of nitrogens with one attached hydrogen (secondary N) is 2. The topological polar surface area (TPSA) is 85.9 Å². The minimum atomic E-state index is -3.62. The van der Waals surface area contributed by atoms with Crippen LogP contribution in [0.1, 0.15) is 0 Å². The molecule has 0 radical (unpaired) electrons. The first-order chi connectivity index (χ1) is 10.5. The lowest BCUT2D eigenvalue weighted by atomic mass is 10.3. The molecule has 2 rings (SSSR count). The third-order valence-corrected chi connectivity index (χ3v) is 5.38. The van der Waals surface area contributed by atoms with Gasteiger partial charge in [-0.3, -0.25) is 0 Å². The van der Waals surface area contributed by atoms with E-state index in [1.165, 1.54) is 6.07 Å². The van der Waals surface area contributed by atoms with Crippen molar-refractivity contribution in [1.82, 2.24) is 10.0 Å². The number of methoxy groups -OCH3 is 1. The van der Waals surface area contributed by atoms with E-state index in [1.54, 1.807) is 13.2 Å². The van der Waals surface area contributed by atoms with Gasteiger partial charge in [-0.2, -0.15) is 0 Å². The molecule has 0 bridgehead atoms. The standard InChI is InChI=1S/C13H19BrN2O5S.ClH/c1-19-5-4-15-2-3-16-22(17,18)13-9-12-11(8-10(13)14)20-6-7-21-12;/h8-9,15-16H,2-7H2,1H3;1H. The second kappa shape index (κ2) is 9.65. The van der Waals surface area contributed by atoms with Crippen molar-refractivity contribution in [3.8, 4) is 11.5 Å². The number of ether oxygens (including phenoxy) is 3. The van der Waals surface area contributed by atoms with Gasteiger partial charge in [0.15, 0.2) is 11.5 Å². The van der Waals surface area contributed by atoms with Gasteiger partial charge in [-0.05, 0) is 22.0 Å². The number of hydrogen-bond donors (Lipinski definition) is 2. The van der Waals surface area contributed by atoms with Crippen LogP contribution in [0.2, 0.25) is 0 Å². The maximum absolute atomic E-state index is 12.3. The molecule has 2 N–H and O–H groups in total. The van der Waals surface area contributed by atoms with Crippen LogP contribution in [0.25, 0.3) is 0 Å². The second-order valence-corrected chi connectivity index (χ2v) is 7.16. The van der Waals surface area contributed by atoms with Crippen LogP contribution in [0.4, 0.5) is 0 Å². The Labute approximate surface area is 150 Å².